The summed E-state index contributed by atoms with van der Waals surface area (Å²) in [4.78, 5) is 0. The number of hydrogen-bond acceptors (Lipinski definition) is 0. The van der Waals surface area contributed by atoms with Crippen molar-refractivity contribution in [3.63, 3.8) is 0 Å². The zero-order valence-electron chi connectivity index (χ0n) is 16.2. The van der Waals surface area contributed by atoms with Crippen LogP contribution in [0.2, 0.25) is 0 Å². The van der Waals surface area contributed by atoms with Crippen LogP contribution >= 0.6 is 15.8 Å². The molecule has 25 heavy (non-hydrogen) atoms. The Morgan fingerprint density at radius 2 is 0.920 bits per heavy atom. The van der Waals surface area contributed by atoms with Crippen LogP contribution in [0.25, 0.3) is 0 Å². The van der Waals surface area contributed by atoms with Gasteiger partial charge < -0.3 is 0 Å². The normalized spacial score (nSPS) is 30.6. The highest BCUT2D eigenvalue weighted by Crippen LogP contribution is 2.61. The molecule has 2 heteroatoms. The molecule has 0 radical (unpaired) electrons. The zero-order chi connectivity index (χ0) is 17.1. The Morgan fingerprint density at radius 1 is 0.640 bits per heavy atom. The molecule has 1 aromatic carbocycles. The van der Waals surface area contributed by atoms with Crippen molar-refractivity contribution < 1.29 is 0 Å². The molecule has 0 aromatic heterocycles. The van der Waals surface area contributed by atoms with Crippen LogP contribution in [0.3, 0.4) is 0 Å². The molecule has 3 rings (SSSR count). The van der Waals surface area contributed by atoms with Crippen LogP contribution in [0.15, 0.2) is 24.3 Å². The lowest BCUT2D eigenvalue weighted by atomic mass is 10.1. The summed E-state index contributed by atoms with van der Waals surface area (Å²) in [6.07, 6.45) is 11.5. The topological polar surface area (TPSA) is 0 Å². The maximum absolute atomic E-state index is 2.55. The van der Waals surface area contributed by atoms with Crippen LogP contribution in [-0.2, 0) is 0 Å². The first-order chi connectivity index (χ1) is 11.7. The maximum Gasteiger partial charge on any atom is -0.0158 e. The lowest BCUT2D eigenvalue weighted by Gasteiger charge is -2.32. The minimum absolute atomic E-state index is 0. The van der Waals surface area contributed by atoms with Crippen molar-refractivity contribution in [2.24, 2.45) is 0 Å². The minimum Gasteiger partial charge on any atom is -0.0776 e. The molecule has 2 heterocycles. The molecular formula is C23H40P2. The van der Waals surface area contributed by atoms with Gasteiger partial charge in [-0.05, 0) is 84.6 Å². The quantitative estimate of drug-likeness (QED) is 0.458. The third-order valence-corrected chi connectivity index (χ3v) is 14.3. The van der Waals surface area contributed by atoms with E-state index >= 15 is 0 Å². The summed E-state index contributed by atoms with van der Waals surface area (Å²) in [5.74, 6) is 0. The van der Waals surface area contributed by atoms with Crippen LogP contribution in [0.1, 0.15) is 86.5 Å². The monoisotopic (exact) mass is 378 g/mol. The van der Waals surface area contributed by atoms with Gasteiger partial charge in [-0.15, -0.1) is 0 Å². The van der Waals surface area contributed by atoms with Gasteiger partial charge in [0.15, 0.2) is 0 Å². The van der Waals surface area contributed by atoms with Gasteiger partial charge in [-0.25, -0.2) is 0 Å². The first kappa shape index (κ1) is 21.4. The van der Waals surface area contributed by atoms with Crippen molar-refractivity contribution in [3.05, 3.63) is 24.3 Å². The van der Waals surface area contributed by atoms with Gasteiger partial charge in [-0.3, -0.25) is 0 Å². The molecule has 0 amide bonds. The second-order valence-electron chi connectivity index (χ2n) is 7.71. The Bertz CT molecular complexity index is 456. The average molecular weight is 379 g/mol. The molecule has 0 spiro atoms. The van der Waals surface area contributed by atoms with Gasteiger partial charge in [0.1, 0.15) is 0 Å². The molecule has 0 saturated carbocycles. The molecule has 2 aliphatic heterocycles. The highest BCUT2D eigenvalue weighted by atomic mass is 31.1. The van der Waals surface area contributed by atoms with Crippen LogP contribution in [0.4, 0.5) is 0 Å². The summed E-state index contributed by atoms with van der Waals surface area (Å²) in [7, 11) is 0.128. The molecule has 0 aliphatic carbocycles. The van der Waals surface area contributed by atoms with Crippen molar-refractivity contribution in [1.29, 1.82) is 0 Å². The number of benzene rings is 1. The van der Waals surface area contributed by atoms with E-state index < -0.39 is 0 Å². The van der Waals surface area contributed by atoms with E-state index in [0.717, 1.165) is 22.6 Å². The van der Waals surface area contributed by atoms with Crippen LogP contribution in [0, 0.1) is 0 Å². The first-order valence-corrected chi connectivity index (χ1v) is 13.4. The highest BCUT2D eigenvalue weighted by Gasteiger charge is 2.40. The molecule has 0 bridgehead atoms. The highest BCUT2D eigenvalue weighted by molar-refractivity contribution is 7.73. The summed E-state index contributed by atoms with van der Waals surface area (Å²) in [6.45, 7) is 9.74. The predicted molar refractivity (Wildman–Crippen MR) is 121 cm³/mol. The van der Waals surface area contributed by atoms with Crippen LogP contribution in [-0.4, -0.2) is 22.6 Å². The molecule has 2 aliphatic rings. The van der Waals surface area contributed by atoms with Crippen LogP contribution in [0.5, 0.6) is 0 Å². The molecule has 4 atom stereocenters. The zero-order valence-corrected chi connectivity index (χ0v) is 18.0. The molecule has 0 unspecified atom stereocenters. The van der Waals surface area contributed by atoms with Crippen molar-refractivity contribution in [2.45, 2.75) is 109 Å². The lowest BCUT2D eigenvalue weighted by Crippen LogP contribution is -2.30. The van der Waals surface area contributed by atoms with Gasteiger partial charge in [0.25, 0.3) is 0 Å². The molecule has 1 aromatic rings. The maximum atomic E-state index is 2.55. The van der Waals surface area contributed by atoms with E-state index in [0.29, 0.717) is 0 Å². The van der Waals surface area contributed by atoms with E-state index in [1.54, 1.807) is 0 Å². The fourth-order valence-electron chi connectivity index (χ4n) is 5.21. The smallest absolute Gasteiger partial charge is 0.0158 e. The van der Waals surface area contributed by atoms with Crippen molar-refractivity contribution in [1.82, 2.24) is 0 Å². The molecular weight excluding hydrogens is 338 g/mol. The van der Waals surface area contributed by atoms with Gasteiger partial charge >= 0.3 is 0 Å². The second kappa shape index (κ2) is 9.85. The molecule has 0 N–H and O–H groups in total. The van der Waals surface area contributed by atoms with Crippen molar-refractivity contribution >= 4 is 26.5 Å². The van der Waals surface area contributed by atoms with Gasteiger partial charge in [-0.1, -0.05) is 75.2 Å². The number of rotatable bonds is 6. The average Bonchev–Trinajstić information content (AvgIpc) is 3.24. The standard InChI is InChI=1S/C22H36P2.CH4/c1-5-17-13-14-18(6-2)23(17)21-11-9-10-12-22(21)24-19(7-3)15-16-20(24)8-4;/h9-12,17-20H,5-8,13-16H2,1-4H3;1H4/t17-,18-,19-,20-;/m1./s1. The van der Waals surface area contributed by atoms with Crippen LogP contribution < -0.4 is 10.6 Å². The van der Waals surface area contributed by atoms with E-state index in [-0.39, 0.29) is 23.3 Å². The summed E-state index contributed by atoms with van der Waals surface area (Å²) in [5, 5.41) is 3.68. The van der Waals surface area contributed by atoms with Gasteiger partial charge in [0.2, 0.25) is 0 Å². The van der Waals surface area contributed by atoms with Crippen molar-refractivity contribution in [3.8, 4) is 0 Å². The predicted octanol–water partition coefficient (Wildman–Crippen LogP) is 7.24. The Morgan fingerprint density at radius 3 is 1.16 bits per heavy atom. The minimum atomic E-state index is 0. The fourth-order valence-corrected chi connectivity index (χ4v) is 13.1. The molecule has 2 fully saturated rings. The summed E-state index contributed by atoms with van der Waals surface area (Å²) >= 11 is 0. The third kappa shape index (κ3) is 4.17. The van der Waals surface area contributed by atoms with E-state index in [1.165, 1.54) is 51.4 Å². The van der Waals surface area contributed by atoms with E-state index in [4.69, 9.17) is 0 Å². The van der Waals surface area contributed by atoms with E-state index in [9.17, 15) is 0 Å². The Hall–Kier alpha value is 0.0800. The van der Waals surface area contributed by atoms with E-state index in [1.807, 2.05) is 10.6 Å². The number of hydrogen-bond donors (Lipinski definition) is 0. The second-order valence-corrected chi connectivity index (χ2v) is 13.2. The summed E-state index contributed by atoms with van der Waals surface area (Å²) < 4.78 is 0. The first-order valence-electron chi connectivity index (χ1n) is 10.4. The molecule has 142 valence electrons. The van der Waals surface area contributed by atoms with Gasteiger partial charge in [0.05, 0.1) is 0 Å². The fraction of sp³-hybridized carbons (Fsp3) is 0.739. The molecule has 0 nitrogen and oxygen atoms in total. The van der Waals surface area contributed by atoms with Gasteiger partial charge in [0, 0.05) is 0 Å². The van der Waals surface area contributed by atoms with Crippen molar-refractivity contribution in [2.75, 3.05) is 0 Å². The Labute approximate surface area is 160 Å². The Kier molecular flexibility index (Phi) is 8.43. The Balaban J connectivity index is 0.00000225. The third-order valence-electron chi connectivity index (χ3n) is 6.56. The SMILES string of the molecule is C.CC[C@@H]1CC[C@@H](CC)P1c1ccccc1P1[C@H](CC)CC[C@H]1CC. The van der Waals surface area contributed by atoms with Gasteiger partial charge in [-0.2, -0.15) is 0 Å². The summed E-state index contributed by atoms with van der Waals surface area (Å²) in [5.41, 5.74) is 3.96. The largest absolute Gasteiger partial charge is 0.0776 e. The lowest BCUT2D eigenvalue weighted by molar-refractivity contribution is 0.696. The summed E-state index contributed by atoms with van der Waals surface area (Å²) in [6, 6.07) is 9.79. The molecule has 2 saturated heterocycles. The van der Waals surface area contributed by atoms with E-state index in [2.05, 4.69) is 52.0 Å².